The Kier molecular flexibility index (Phi) is 2.54. The number of hydrogen-bond donors (Lipinski definition) is 1. The van der Waals surface area contributed by atoms with E-state index < -0.39 is 9.84 Å². The Morgan fingerprint density at radius 2 is 2.11 bits per heavy atom. The van der Waals surface area contributed by atoms with Gasteiger partial charge in [0.2, 0.25) is 0 Å². The fourth-order valence-corrected chi connectivity index (χ4v) is 5.07. The van der Waals surface area contributed by atoms with Gasteiger partial charge in [-0.05, 0) is 19.3 Å². The van der Waals surface area contributed by atoms with Gasteiger partial charge in [0, 0.05) is 31.1 Å². The molecule has 0 radical (unpaired) electrons. The minimum absolute atomic E-state index is 0.134. The number of hydrogen-bond acceptors (Lipinski definition) is 4. The van der Waals surface area contributed by atoms with E-state index in [-0.39, 0.29) is 6.04 Å². The molecular formula is C13H19N3O2S. The molecule has 0 spiro atoms. The first-order chi connectivity index (χ1) is 9.14. The maximum Gasteiger partial charge on any atom is 0.152 e. The van der Waals surface area contributed by atoms with Gasteiger partial charge in [0.25, 0.3) is 0 Å². The fraction of sp³-hybridized carbons (Fsp3) is 0.769. The van der Waals surface area contributed by atoms with E-state index in [1.807, 2.05) is 0 Å². The van der Waals surface area contributed by atoms with E-state index in [1.54, 1.807) is 0 Å². The van der Waals surface area contributed by atoms with Crippen molar-refractivity contribution in [2.45, 2.75) is 44.2 Å². The van der Waals surface area contributed by atoms with Crippen molar-refractivity contribution < 1.29 is 8.42 Å². The van der Waals surface area contributed by atoms with Crippen LogP contribution < -0.4 is 5.32 Å². The van der Waals surface area contributed by atoms with Crippen molar-refractivity contribution in [2.75, 3.05) is 18.1 Å². The third kappa shape index (κ3) is 2.01. The molecule has 104 valence electrons. The van der Waals surface area contributed by atoms with Gasteiger partial charge in [0.05, 0.1) is 23.2 Å². The number of nitrogens with one attached hydrogen (secondary N) is 1. The Morgan fingerprint density at radius 1 is 1.26 bits per heavy atom. The number of aromatic nitrogens is 2. The van der Waals surface area contributed by atoms with Crippen LogP contribution in [-0.2, 0) is 22.8 Å². The number of imidazole rings is 1. The highest BCUT2D eigenvalue weighted by molar-refractivity contribution is 7.91. The van der Waals surface area contributed by atoms with Crippen LogP contribution in [0.2, 0.25) is 0 Å². The molecule has 0 bridgehead atoms. The van der Waals surface area contributed by atoms with Crippen LogP contribution in [0.15, 0.2) is 0 Å². The zero-order valence-electron chi connectivity index (χ0n) is 10.9. The van der Waals surface area contributed by atoms with Gasteiger partial charge in [-0.3, -0.25) is 0 Å². The number of nitrogens with zero attached hydrogens (tertiary/aromatic N) is 2. The zero-order valence-corrected chi connectivity index (χ0v) is 11.7. The molecular weight excluding hydrogens is 262 g/mol. The zero-order chi connectivity index (χ0) is 13.0. The maximum absolute atomic E-state index is 11.8. The highest BCUT2D eigenvalue weighted by Gasteiger charge is 2.37. The summed E-state index contributed by atoms with van der Waals surface area (Å²) in [5.41, 5.74) is 2.44. The number of fused-ring (bicyclic) bond motifs is 1. The molecule has 1 N–H and O–H groups in total. The molecule has 3 heterocycles. The van der Waals surface area contributed by atoms with E-state index >= 15 is 0 Å². The van der Waals surface area contributed by atoms with E-state index in [4.69, 9.17) is 4.98 Å². The molecule has 1 saturated carbocycles. The molecule has 19 heavy (non-hydrogen) atoms. The molecule has 0 amide bonds. The summed E-state index contributed by atoms with van der Waals surface area (Å²) < 4.78 is 25.8. The third-order valence-electron chi connectivity index (χ3n) is 4.47. The van der Waals surface area contributed by atoms with Crippen molar-refractivity contribution in [3.05, 3.63) is 17.2 Å². The predicted molar refractivity (Wildman–Crippen MR) is 71.9 cm³/mol. The molecule has 2 aliphatic heterocycles. The van der Waals surface area contributed by atoms with Crippen LogP contribution >= 0.6 is 0 Å². The van der Waals surface area contributed by atoms with E-state index in [2.05, 4.69) is 9.88 Å². The van der Waals surface area contributed by atoms with Crippen molar-refractivity contribution in [2.24, 2.45) is 0 Å². The van der Waals surface area contributed by atoms with Gasteiger partial charge >= 0.3 is 0 Å². The smallest absolute Gasteiger partial charge is 0.152 e. The van der Waals surface area contributed by atoms with Gasteiger partial charge in [0.1, 0.15) is 5.82 Å². The average Bonchev–Trinajstić information content (AvgIpc) is 3.06. The largest absolute Gasteiger partial charge is 0.327 e. The van der Waals surface area contributed by atoms with Crippen LogP contribution in [0.3, 0.4) is 0 Å². The molecule has 3 aliphatic rings. The van der Waals surface area contributed by atoms with Crippen molar-refractivity contribution in [1.29, 1.82) is 0 Å². The lowest BCUT2D eigenvalue weighted by molar-refractivity contribution is 0.500. The molecule has 6 heteroatoms. The number of sulfone groups is 1. The SMILES string of the molecule is O=S1(=O)CCC(n2c(C3CC3)nc3c2CCNC3)C1. The average molecular weight is 281 g/mol. The van der Waals surface area contributed by atoms with Crippen LogP contribution in [0.5, 0.6) is 0 Å². The Labute approximate surface area is 113 Å². The topological polar surface area (TPSA) is 64.0 Å². The predicted octanol–water partition coefficient (Wildman–Crippen LogP) is 0.766. The van der Waals surface area contributed by atoms with Crippen LogP contribution in [0.1, 0.15) is 48.4 Å². The Bertz CT molecular complexity index is 616. The number of rotatable bonds is 2. The van der Waals surface area contributed by atoms with Gasteiger partial charge in [-0.2, -0.15) is 0 Å². The van der Waals surface area contributed by atoms with E-state index in [0.717, 1.165) is 37.4 Å². The lowest BCUT2D eigenvalue weighted by atomic mass is 10.1. The summed E-state index contributed by atoms with van der Waals surface area (Å²) >= 11 is 0. The van der Waals surface area contributed by atoms with Crippen LogP contribution in [-0.4, -0.2) is 36.0 Å². The lowest BCUT2D eigenvalue weighted by Crippen LogP contribution is -2.26. The van der Waals surface area contributed by atoms with Crippen molar-refractivity contribution in [1.82, 2.24) is 14.9 Å². The second kappa shape index (κ2) is 4.06. The van der Waals surface area contributed by atoms with E-state index in [9.17, 15) is 8.42 Å². The minimum Gasteiger partial charge on any atom is -0.327 e. The van der Waals surface area contributed by atoms with Crippen molar-refractivity contribution in [3.63, 3.8) is 0 Å². The molecule has 1 aromatic heterocycles. The first kappa shape index (κ1) is 11.9. The molecule has 1 aromatic rings. The Hall–Kier alpha value is -0.880. The standard InChI is InChI=1S/C13H19N3O2S/c17-19(18)6-4-10(8-19)16-12-3-5-14-7-11(12)15-13(16)9-1-2-9/h9-10,14H,1-8H2. The first-order valence-corrected chi connectivity index (χ1v) is 8.97. The quantitative estimate of drug-likeness (QED) is 0.869. The fourth-order valence-electron chi connectivity index (χ4n) is 3.37. The van der Waals surface area contributed by atoms with Crippen molar-refractivity contribution >= 4 is 9.84 Å². The summed E-state index contributed by atoms with van der Waals surface area (Å²) in [7, 11) is -2.83. The molecule has 2 fully saturated rings. The second-order valence-corrected chi connectivity index (χ2v) is 8.22. The summed E-state index contributed by atoms with van der Waals surface area (Å²) in [5, 5.41) is 3.35. The summed E-state index contributed by atoms with van der Waals surface area (Å²) in [6.07, 6.45) is 4.16. The monoisotopic (exact) mass is 281 g/mol. The third-order valence-corrected chi connectivity index (χ3v) is 6.22. The Morgan fingerprint density at radius 3 is 2.79 bits per heavy atom. The molecule has 1 unspecified atom stereocenters. The summed E-state index contributed by atoms with van der Waals surface area (Å²) in [6, 6.07) is 0.134. The van der Waals surface area contributed by atoms with Crippen LogP contribution in [0.25, 0.3) is 0 Å². The maximum atomic E-state index is 11.8. The van der Waals surface area contributed by atoms with Crippen LogP contribution in [0, 0.1) is 0 Å². The summed E-state index contributed by atoms with van der Waals surface area (Å²) in [6.45, 7) is 1.81. The second-order valence-electron chi connectivity index (χ2n) is 5.99. The molecule has 4 rings (SSSR count). The normalized spacial score (nSPS) is 29.4. The van der Waals surface area contributed by atoms with Gasteiger partial charge in [-0.25, -0.2) is 13.4 Å². The van der Waals surface area contributed by atoms with Crippen LogP contribution in [0.4, 0.5) is 0 Å². The summed E-state index contributed by atoms with van der Waals surface area (Å²) in [5.74, 6) is 2.39. The van der Waals surface area contributed by atoms with Gasteiger partial charge in [-0.15, -0.1) is 0 Å². The van der Waals surface area contributed by atoms with Gasteiger partial charge < -0.3 is 9.88 Å². The lowest BCUT2D eigenvalue weighted by Gasteiger charge is -2.20. The van der Waals surface area contributed by atoms with Gasteiger partial charge in [0.15, 0.2) is 9.84 Å². The highest BCUT2D eigenvalue weighted by Crippen LogP contribution is 2.43. The van der Waals surface area contributed by atoms with Crippen molar-refractivity contribution in [3.8, 4) is 0 Å². The summed E-state index contributed by atoms with van der Waals surface area (Å²) in [4.78, 5) is 4.81. The first-order valence-electron chi connectivity index (χ1n) is 7.15. The molecule has 1 atom stereocenters. The molecule has 5 nitrogen and oxygen atoms in total. The molecule has 0 aromatic carbocycles. The highest BCUT2D eigenvalue weighted by atomic mass is 32.2. The molecule has 1 aliphatic carbocycles. The van der Waals surface area contributed by atoms with E-state index in [0.29, 0.717) is 17.4 Å². The van der Waals surface area contributed by atoms with Gasteiger partial charge in [-0.1, -0.05) is 0 Å². The van der Waals surface area contributed by atoms with E-state index in [1.165, 1.54) is 18.5 Å². The Balaban J connectivity index is 1.79. The minimum atomic E-state index is -2.83. The molecule has 1 saturated heterocycles.